The van der Waals surface area contributed by atoms with Crippen molar-refractivity contribution in [2.75, 3.05) is 39.3 Å². The van der Waals surface area contributed by atoms with E-state index in [1.54, 1.807) is 12.1 Å². The standard InChI is InChI=1S/C18H25FN2O2/c19-16-3-5-17(6-4-16)23-14-13-20-11-7-15(8-12-20)18(22)21-9-1-2-10-21/h3-6,15H,1-2,7-14H2. The number of halogens is 1. The monoisotopic (exact) mass is 320 g/mol. The normalized spacial score (nSPS) is 20.0. The number of benzene rings is 1. The van der Waals surface area contributed by atoms with E-state index in [-0.39, 0.29) is 11.7 Å². The average molecular weight is 320 g/mol. The van der Waals surface area contributed by atoms with Gasteiger partial charge >= 0.3 is 0 Å². The molecule has 0 unspecified atom stereocenters. The lowest BCUT2D eigenvalue weighted by molar-refractivity contribution is -0.136. The third kappa shape index (κ3) is 4.44. The van der Waals surface area contributed by atoms with Crippen molar-refractivity contribution in [2.45, 2.75) is 25.7 Å². The van der Waals surface area contributed by atoms with Crippen LogP contribution in [-0.2, 0) is 4.79 Å². The van der Waals surface area contributed by atoms with E-state index in [4.69, 9.17) is 4.74 Å². The topological polar surface area (TPSA) is 32.8 Å². The lowest BCUT2D eigenvalue weighted by Gasteiger charge is -2.33. The molecule has 2 heterocycles. The highest BCUT2D eigenvalue weighted by molar-refractivity contribution is 5.79. The van der Waals surface area contributed by atoms with E-state index in [2.05, 4.69) is 4.90 Å². The Morgan fingerprint density at radius 1 is 1.09 bits per heavy atom. The van der Waals surface area contributed by atoms with E-state index in [0.29, 0.717) is 18.3 Å². The zero-order chi connectivity index (χ0) is 16.1. The van der Waals surface area contributed by atoms with E-state index in [9.17, 15) is 9.18 Å². The molecule has 0 spiro atoms. The van der Waals surface area contributed by atoms with Gasteiger partial charge in [-0.3, -0.25) is 9.69 Å². The van der Waals surface area contributed by atoms with Crippen LogP contribution in [-0.4, -0.2) is 55.0 Å². The summed E-state index contributed by atoms with van der Waals surface area (Å²) in [5.41, 5.74) is 0. The summed E-state index contributed by atoms with van der Waals surface area (Å²) in [6.45, 7) is 5.25. The van der Waals surface area contributed by atoms with Crippen LogP contribution in [0.15, 0.2) is 24.3 Å². The van der Waals surface area contributed by atoms with Gasteiger partial charge in [-0.2, -0.15) is 0 Å². The molecule has 5 heteroatoms. The number of carbonyl (C=O) groups excluding carboxylic acids is 1. The maximum Gasteiger partial charge on any atom is 0.225 e. The summed E-state index contributed by atoms with van der Waals surface area (Å²) in [4.78, 5) is 16.8. The van der Waals surface area contributed by atoms with Gasteiger partial charge < -0.3 is 9.64 Å². The van der Waals surface area contributed by atoms with Crippen molar-refractivity contribution >= 4 is 5.91 Å². The Labute approximate surface area is 137 Å². The molecule has 2 saturated heterocycles. The summed E-state index contributed by atoms with van der Waals surface area (Å²) in [5.74, 6) is 1.03. The summed E-state index contributed by atoms with van der Waals surface area (Å²) in [5, 5.41) is 0. The summed E-state index contributed by atoms with van der Waals surface area (Å²) in [7, 11) is 0. The molecule has 0 atom stereocenters. The van der Waals surface area contributed by atoms with Crippen LogP contribution in [0.4, 0.5) is 4.39 Å². The van der Waals surface area contributed by atoms with E-state index < -0.39 is 0 Å². The number of amides is 1. The first-order valence-electron chi connectivity index (χ1n) is 8.62. The smallest absolute Gasteiger partial charge is 0.225 e. The van der Waals surface area contributed by atoms with Gasteiger partial charge in [0.05, 0.1) is 0 Å². The average Bonchev–Trinajstić information content (AvgIpc) is 3.11. The van der Waals surface area contributed by atoms with Gasteiger partial charge in [-0.1, -0.05) is 0 Å². The first kappa shape index (κ1) is 16.2. The van der Waals surface area contributed by atoms with Gasteiger partial charge in [0, 0.05) is 25.6 Å². The highest BCUT2D eigenvalue weighted by Gasteiger charge is 2.29. The van der Waals surface area contributed by atoms with Crippen LogP contribution in [0.3, 0.4) is 0 Å². The minimum Gasteiger partial charge on any atom is -0.492 e. The van der Waals surface area contributed by atoms with Crippen LogP contribution in [0.5, 0.6) is 5.75 Å². The Balaban J connectivity index is 1.36. The van der Waals surface area contributed by atoms with Crippen molar-refractivity contribution in [3.63, 3.8) is 0 Å². The molecule has 2 fully saturated rings. The number of hydrogen-bond acceptors (Lipinski definition) is 3. The highest BCUT2D eigenvalue weighted by atomic mass is 19.1. The van der Waals surface area contributed by atoms with Gasteiger partial charge in [0.25, 0.3) is 0 Å². The molecule has 3 rings (SSSR count). The van der Waals surface area contributed by atoms with E-state index in [1.165, 1.54) is 12.1 Å². The maximum atomic E-state index is 12.8. The third-order valence-electron chi connectivity index (χ3n) is 4.84. The zero-order valence-corrected chi connectivity index (χ0v) is 13.5. The molecular formula is C18H25FN2O2. The Kier molecular flexibility index (Phi) is 5.49. The van der Waals surface area contributed by atoms with Crippen LogP contribution >= 0.6 is 0 Å². The Bertz CT molecular complexity index is 506. The third-order valence-corrected chi connectivity index (χ3v) is 4.84. The predicted molar refractivity (Wildman–Crippen MR) is 86.9 cm³/mol. The molecule has 0 saturated carbocycles. The number of nitrogens with zero attached hydrogens (tertiary/aromatic N) is 2. The number of piperidine rings is 1. The SMILES string of the molecule is O=C(C1CCN(CCOc2ccc(F)cc2)CC1)N1CCCC1. The van der Waals surface area contributed by atoms with Gasteiger partial charge in [0.2, 0.25) is 5.91 Å². The molecule has 126 valence electrons. The number of carbonyl (C=O) groups is 1. The van der Waals surface area contributed by atoms with E-state index in [1.807, 2.05) is 4.90 Å². The molecule has 0 bridgehead atoms. The maximum absolute atomic E-state index is 12.8. The van der Waals surface area contributed by atoms with Gasteiger partial charge in [0.15, 0.2) is 0 Å². The van der Waals surface area contributed by atoms with Crippen LogP contribution in [0, 0.1) is 11.7 Å². The molecule has 2 aliphatic heterocycles. The predicted octanol–water partition coefficient (Wildman–Crippen LogP) is 2.54. The molecule has 1 amide bonds. The minimum absolute atomic E-state index is 0.211. The summed E-state index contributed by atoms with van der Waals surface area (Å²) in [6.07, 6.45) is 4.22. The highest BCUT2D eigenvalue weighted by Crippen LogP contribution is 2.22. The van der Waals surface area contributed by atoms with E-state index >= 15 is 0 Å². The fourth-order valence-corrected chi connectivity index (χ4v) is 3.42. The molecule has 0 aromatic heterocycles. The Morgan fingerprint density at radius 2 is 1.74 bits per heavy atom. The van der Waals surface area contributed by atoms with Crippen molar-refractivity contribution in [1.82, 2.24) is 9.80 Å². The van der Waals surface area contributed by atoms with Gasteiger partial charge in [-0.15, -0.1) is 0 Å². The number of rotatable bonds is 5. The molecule has 1 aromatic rings. The largest absolute Gasteiger partial charge is 0.492 e. The second-order valence-corrected chi connectivity index (χ2v) is 6.45. The molecular weight excluding hydrogens is 295 g/mol. The van der Waals surface area contributed by atoms with Crippen LogP contribution in [0.1, 0.15) is 25.7 Å². The Morgan fingerprint density at radius 3 is 2.39 bits per heavy atom. The molecule has 0 radical (unpaired) electrons. The number of likely N-dealkylation sites (tertiary alicyclic amines) is 2. The fraction of sp³-hybridized carbons (Fsp3) is 0.611. The van der Waals surface area contributed by atoms with Crippen molar-refractivity contribution in [1.29, 1.82) is 0 Å². The first-order valence-corrected chi connectivity index (χ1v) is 8.62. The minimum atomic E-state index is -0.248. The van der Waals surface area contributed by atoms with Crippen LogP contribution in [0.2, 0.25) is 0 Å². The Hall–Kier alpha value is -1.62. The van der Waals surface area contributed by atoms with Crippen LogP contribution < -0.4 is 4.74 Å². The molecule has 2 aliphatic rings. The van der Waals surface area contributed by atoms with Crippen molar-refractivity contribution in [2.24, 2.45) is 5.92 Å². The second kappa shape index (κ2) is 7.77. The van der Waals surface area contributed by atoms with Crippen LogP contribution in [0.25, 0.3) is 0 Å². The summed E-state index contributed by atoms with van der Waals surface area (Å²) >= 11 is 0. The van der Waals surface area contributed by atoms with Gasteiger partial charge in [-0.05, 0) is 63.0 Å². The molecule has 23 heavy (non-hydrogen) atoms. The summed E-state index contributed by atoms with van der Waals surface area (Å²) < 4.78 is 18.5. The summed E-state index contributed by atoms with van der Waals surface area (Å²) in [6, 6.07) is 6.11. The van der Waals surface area contributed by atoms with Crippen molar-refractivity contribution in [3.8, 4) is 5.75 Å². The van der Waals surface area contributed by atoms with E-state index in [0.717, 1.165) is 58.4 Å². The lowest BCUT2D eigenvalue weighted by atomic mass is 9.95. The quantitative estimate of drug-likeness (QED) is 0.836. The lowest BCUT2D eigenvalue weighted by Crippen LogP contribution is -2.42. The first-order chi connectivity index (χ1) is 11.2. The molecule has 1 aromatic carbocycles. The number of ether oxygens (including phenoxy) is 1. The number of hydrogen-bond donors (Lipinski definition) is 0. The zero-order valence-electron chi connectivity index (χ0n) is 13.5. The molecule has 4 nitrogen and oxygen atoms in total. The molecule has 0 N–H and O–H groups in total. The molecule has 0 aliphatic carbocycles. The second-order valence-electron chi connectivity index (χ2n) is 6.45. The fourth-order valence-electron chi connectivity index (χ4n) is 3.42. The van der Waals surface area contributed by atoms with Crippen molar-refractivity contribution < 1.29 is 13.9 Å². The van der Waals surface area contributed by atoms with Gasteiger partial charge in [0.1, 0.15) is 18.2 Å². The van der Waals surface area contributed by atoms with Gasteiger partial charge in [-0.25, -0.2) is 4.39 Å². The van der Waals surface area contributed by atoms with Crippen molar-refractivity contribution in [3.05, 3.63) is 30.1 Å².